The minimum absolute atomic E-state index is 0.0329. The number of anilines is 1. The highest BCUT2D eigenvalue weighted by molar-refractivity contribution is 6.01. The van der Waals surface area contributed by atoms with Crippen LogP contribution in [-0.4, -0.2) is 20.7 Å². The summed E-state index contributed by atoms with van der Waals surface area (Å²) in [7, 11) is 0. The van der Waals surface area contributed by atoms with Gasteiger partial charge < -0.3 is 5.32 Å². The standard InChI is InChI=1S/C16H14N4O2/c1-11-7-9-12(10-8-11)17-15(21)14-18-16(22)20(19-14)13-5-3-2-4-6-13/h2-10H,1H3,(H,17,21)(H,18,19,22). The van der Waals surface area contributed by atoms with E-state index in [-0.39, 0.29) is 5.82 Å². The topological polar surface area (TPSA) is 79.8 Å². The third-order valence-corrected chi connectivity index (χ3v) is 3.14. The zero-order valence-corrected chi connectivity index (χ0v) is 11.9. The Hall–Kier alpha value is -3.15. The number of aromatic nitrogens is 3. The smallest absolute Gasteiger partial charge is 0.319 e. The normalized spacial score (nSPS) is 10.4. The number of H-pyrrole nitrogens is 1. The molecule has 6 nitrogen and oxygen atoms in total. The van der Waals surface area contributed by atoms with Gasteiger partial charge in [-0.3, -0.25) is 9.78 Å². The summed E-state index contributed by atoms with van der Waals surface area (Å²) in [6.07, 6.45) is 0. The van der Waals surface area contributed by atoms with Gasteiger partial charge in [0.1, 0.15) is 0 Å². The fraction of sp³-hybridized carbons (Fsp3) is 0.0625. The van der Waals surface area contributed by atoms with Gasteiger partial charge in [0.15, 0.2) is 0 Å². The number of aromatic amines is 1. The molecule has 0 aliphatic rings. The first kappa shape index (κ1) is 13.8. The lowest BCUT2D eigenvalue weighted by atomic mass is 10.2. The predicted molar refractivity (Wildman–Crippen MR) is 83.3 cm³/mol. The summed E-state index contributed by atoms with van der Waals surface area (Å²) in [5.74, 6) is -0.495. The summed E-state index contributed by atoms with van der Waals surface area (Å²) in [5, 5.41) is 6.72. The van der Waals surface area contributed by atoms with Crippen LogP contribution in [0.15, 0.2) is 59.4 Å². The Morgan fingerprint density at radius 2 is 1.77 bits per heavy atom. The molecule has 6 heteroatoms. The van der Waals surface area contributed by atoms with Crippen LogP contribution in [0.1, 0.15) is 16.2 Å². The molecule has 1 heterocycles. The van der Waals surface area contributed by atoms with E-state index in [0.29, 0.717) is 11.4 Å². The quantitative estimate of drug-likeness (QED) is 0.776. The molecule has 2 N–H and O–H groups in total. The van der Waals surface area contributed by atoms with Gasteiger partial charge in [0.25, 0.3) is 5.91 Å². The van der Waals surface area contributed by atoms with Gasteiger partial charge in [-0.1, -0.05) is 35.9 Å². The molecule has 0 saturated heterocycles. The molecule has 0 fully saturated rings. The SMILES string of the molecule is Cc1ccc(NC(=O)c2nn(-c3ccccc3)c(=O)[nH]2)cc1. The number of nitrogens with zero attached hydrogens (tertiary/aromatic N) is 2. The molecule has 0 unspecified atom stereocenters. The van der Waals surface area contributed by atoms with Crippen molar-refractivity contribution in [3.8, 4) is 5.69 Å². The van der Waals surface area contributed by atoms with E-state index in [1.54, 1.807) is 36.4 Å². The number of carbonyl (C=O) groups excluding carboxylic acids is 1. The second-order valence-corrected chi connectivity index (χ2v) is 4.85. The van der Waals surface area contributed by atoms with E-state index < -0.39 is 11.6 Å². The first-order chi connectivity index (χ1) is 10.6. The Morgan fingerprint density at radius 3 is 2.45 bits per heavy atom. The largest absolute Gasteiger partial charge is 0.348 e. The second-order valence-electron chi connectivity index (χ2n) is 4.85. The molecule has 2 aromatic carbocycles. The highest BCUT2D eigenvalue weighted by atomic mass is 16.2. The van der Waals surface area contributed by atoms with Crippen LogP contribution in [0.4, 0.5) is 5.69 Å². The van der Waals surface area contributed by atoms with Crippen LogP contribution in [0.25, 0.3) is 5.69 Å². The molecule has 0 atom stereocenters. The Labute approximate surface area is 126 Å². The number of benzene rings is 2. The fourth-order valence-corrected chi connectivity index (χ4v) is 2.00. The monoisotopic (exact) mass is 294 g/mol. The molecule has 1 amide bonds. The van der Waals surface area contributed by atoms with E-state index in [1.165, 1.54) is 0 Å². The van der Waals surface area contributed by atoms with E-state index in [9.17, 15) is 9.59 Å². The van der Waals surface area contributed by atoms with E-state index in [1.807, 2.05) is 25.1 Å². The van der Waals surface area contributed by atoms with Crippen molar-refractivity contribution in [3.05, 3.63) is 76.5 Å². The van der Waals surface area contributed by atoms with E-state index in [2.05, 4.69) is 15.4 Å². The molecule has 0 bridgehead atoms. The highest BCUT2D eigenvalue weighted by Crippen LogP contribution is 2.09. The van der Waals surface area contributed by atoms with Gasteiger partial charge in [-0.25, -0.2) is 4.79 Å². The van der Waals surface area contributed by atoms with Crippen molar-refractivity contribution >= 4 is 11.6 Å². The molecule has 0 spiro atoms. The number of rotatable bonds is 3. The number of amides is 1. The maximum absolute atomic E-state index is 12.1. The van der Waals surface area contributed by atoms with Crippen molar-refractivity contribution in [2.75, 3.05) is 5.32 Å². The van der Waals surface area contributed by atoms with Crippen molar-refractivity contribution in [1.29, 1.82) is 0 Å². The van der Waals surface area contributed by atoms with Crippen LogP contribution in [0, 0.1) is 6.92 Å². The average molecular weight is 294 g/mol. The zero-order valence-electron chi connectivity index (χ0n) is 11.9. The molecule has 22 heavy (non-hydrogen) atoms. The van der Waals surface area contributed by atoms with Crippen LogP contribution in [-0.2, 0) is 0 Å². The van der Waals surface area contributed by atoms with Crippen LogP contribution >= 0.6 is 0 Å². The number of hydrogen-bond acceptors (Lipinski definition) is 3. The van der Waals surface area contributed by atoms with Crippen molar-refractivity contribution < 1.29 is 4.79 Å². The maximum atomic E-state index is 12.1. The first-order valence-electron chi connectivity index (χ1n) is 6.76. The number of hydrogen-bond donors (Lipinski definition) is 2. The lowest BCUT2D eigenvalue weighted by Crippen LogP contribution is -2.15. The average Bonchev–Trinajstić information content (AvgIpc) is 2.92. The first-order valence-corrected chi connectivity index (χ1v) is 6.76. The maximum Gasteiger partial charge on any atom is 0.348 e. The third-order valence-electron chi connectivity index (χ3n) is 3.14. The molecule has 3 aromatic rings. The minimum Gasteiger partial charge on any atom is -0.319 e. The highest BCUT2D eigenvalue weighted by Gasteiger charge is 2.14. The van der Waals surface area contributed by atoms with Gasteiger partial charge in [-0.2, -0.15) is 4.68 Å². The summed E-state index contributed by atoms with van der Waals surface area (Å²) < 4.78 is 1.16. The lowest BCUT2D eigenvalue weighted by Gasteiger charge is -2.02. The van der Waals surface area contributed by atoms with E-state index in [0.717, 1.165) is 10.2 Å². The number of para-hydroxylation sites is 1. The fourth-order valence-electron chi connectivity index (χ4n) is 2.00. The zero-order chi connectivity index (χ0) is 15.5. The van der Waals surface area contributed by atoms with E-state index >= 15 is 0 Å². The number of aryl methyl sites for hydroxylation is 1. The van der Waals surface area contributed by atoms with Crippen LogP contribution in [0.5, 0.6) is 0 Å². The molecule has 110 valence electrons. The van der Waals surface area contributed by atoms with Crippen molar-refractivity contribution in [2.45, 2.75) is 6.92 Å². The van der Waals surface area contributed by atoms with Crippen molar-refractivity contribution in [1.82, 2.24) is 14.8 Å². The lowest BCUT2D eigenvalue weighted by molar-refractivity contribution is 0.101. The van der Waals surface area contributed by atoms with Gasteiger partial charge in [-0.05, 0) is 31.2 Å². The van der Waals surface area contributed by atoms with Gasteiger partial charge in [0, 0.05) is 5.69 Å². The summed E-state index contributed by atoms with van der Waals surface area (Å²) >= 11 is 0. The molecule has 0 saturated carbocycles. The molecule has 1 aromatic heterocycles. The Bertz CT molecular complexity index is 848. The minimum atomic E-state index is -0.462. The van der Waals surface area contributed by atoms with Gasteiger partial charge in [0.2, 0.25) is 5.82 Å². The van der Waals surface area contributed by atoms with Crippen molar-refractivity contribution in [3.63, 3.8) is 0 Å². The Balaban J connectivity index is 1.85. The van der Waals surface area contributed by atoms with E-state index in [4.69, 9.17) is 0 Å². The summed E-state index contributed by atoms with van der Waals surface area (Å²) in [6.45, 7) is 1.96. The summed E-state index contributed by atoms with van der Waals surface area (Å²) in [6, 6.07) is 16.3. The Kier molecular flexibility index (Phi) is 3.57. The second kappa shape index (κ2) is 5.69. The molecule has 3 rings (SSSR count). The van der Waals surface area contributed by atoms with Crippen molar-refractivity contribution in [2.24, 2.45) is 0 Å². The molecule has 0 radical (unpaired) electrons. The molecular formula is C16H14N4O2. The molecule has 0 aliphatic heterocycles. The number of carbonyl (C=O) groups is 1. The summed E-state index contributed by atoms with van der Waals surface area (Å²) in [5.41, 5.74) is 1.88. The van der Waals surface area contributed by atoms with Gasteiger partial charge >= 0.3 is 5.69 Å². The van der Waals surface area contributed by atoms with Crippen LogP contribution < -0.4 is 11.0 Å². The van der Waals surface area contributed by atoms with Gasteiger partial charge in [0.05, 0.1) is 5.69 Å². The molecule has 0 aliphatic carbocycles. The van der Waals surface area contributed by atoms with Crippen LogP contribution in [0.2, 0.25) is 0 Å². The molecular weight excluding hydrogens is 280 g/mol. The van der Waals surface area contributed by atoms with Gasteiger partial charge in [-0.15, -0.1) is 5.10 Å². The predicted octanol–water partition coefficient (Wildman–Crippen LogP) is 2.12. The number of nitrogens with one attached hydrogen (secondary N) is 2. The Morgan fingerprint density at radius 1 is 1.09 bits per heavy atom. The van der Waals surface area contributed by atoms with Crippen LogP contribution in [0.3, 0.4) is 0 Å². The third kappa shape index (κ3) is 2.80. The summed E-state index contributed by atoms with van der Waals surface area (Å²) in [4.78, 5) is 26.5.